The number of likely N-dealkylation sites (tertiary alicyclic amines) is 1. The van der Waals surface area contributed by atoms with Crippen LogP contribution in [0, 0.1) is 23.0 Å². The van der Waals surface area contributed by atoms with Crippen LogP contribution in [-0.4, -0.2) is 85.6 Å². The Bertz CT molecular complexity index is 1140. The number of benzene rings is 1. The molecule has 12 heteroatoms. The fraction of sp³-hybridized carbons (Fsp3) is 0.692. The lowest BCUT2D eigenvalue weighted by molar-refractivity contribution is -0.141. The van der Waals surface area contributed by atoms with Crippen molar-refractivity contribution in [3.05, 3.63) is 29.8 Å². The predicted molar refractivity (Wildman–Crippen MR) is 140 cm³/mol. The van der Waals surface area contributed by atoms with Crippen LogP contribution >= 0.6 is 0 Å². The van der Waals surface area contributed by atoms with Gasteiger partial charge < -0.3 is 20.3 Å². The molecule has 0 radical (unpaired) electrons. The van der Waals surface area contributed by atoms with Crippen LogP contribution in [0.4, 0.5) is 8.78 Å². The standard InChI is InChI=1S/C26H40F2N4O5S/c1-15(2)14-38(35,36)32-13-21(37-17-8-9-18(27)19(28)12-17)22-20(32)10-11-31(22)25(34)23(26(4,5)6)30-24(33)16(3)29-7/h8-9,12,15-16,20-23,29H,10-11,13-14H2,1-7H3,(H,30,33). The van der Waals surface area contributed by atoms with E-state index in [1.54, 1.807) is 18.9 Å². The van der Waals surface area contributed by atoms with Crippen molar-refractivity contribution >= 4 is 21.8 Å². The van der Waals surface area contributed by atoms with Crippen molar-refractivity contribution in [2.45, 2.75) is 78.2 Å². The number of ether oxygens (including phenoxy) is 1. The number of nitrogens with one attached hydrogen (secondary N) is 2. The van der Waals surface area contributed by atoms with Crippen LogP contribution in [0.5, 0.6) is 5.75 Å². The lowest BCUT2D eigenvalue weighted by Gasteiger charge is -2.37. The molecule has 2 aliphatic heterocycles. The van der Waals surface area contributed by atoms with Crippen molar-refractivity contribution in [1.29, 1.82) is 0 Å². The van der Waals surface area contributed by atoms with E-state index in [1.165, 1.54) is 10.4 Å². The lowest BCUT2D eigenvalue weighted by Crippen LogP contribution is -2.59. The molecule has 38 heavy (non-hydrogen) atoms. The minimum Gasteiger partial charge on any atom is -0.487 e. The van der Waals surface area contributed by atoms with E-state index in [4.69, 9.17) is 4.74 Å². The SMILES string of the molecule is CNC(C)C(=O)NC(C(=O)N1CCC2C1C(Oc1ccc(F)c(F)c1)CN2S(=O)(=O)CC(C)C)C(C)(C)C. The number of fused-ring (bicyclic) bond motifs is 1. The Balaban J connectivity index is 1.97. The fourth-order valence-electron chi connectivity index (χ4n) is 5.12. The van der Waals surface area contributed by atoms with Gasteiger partial charge in [-0.3, -0.25) is 9.59 Å². The zero-order valence-corrected chi connectivity index (χ0v) is 23.9. The van der Waals surface area contributed by atoms with Crippen LogP contribution in [0.2, 0.25) is 0 Å². The summed E-state index contributed by atoms with van der Waals surface area (Å²) in [6.45, 7) is 11.1. The highest BCUT2D eigenvalue weighted by Crippen LogP contribution is 2.38. The zero-order chi connectivity index (χ0) is 28.6. The first-order valence-corrected chi connectivity index (χ1v) is 14.6. The molecule has 9 nitrogen and oxygen atoms in total. The highest BCUT2D eigenvalue weighted by Gasteiger charge is 2.56. The third kappa shape index (κ3) is 6.45. The van der Waals surface area contributed by atoms with Gasteiger partial charge in [-0.1, -0.05) is 34.6 Å². The second-order valence-corrected chi connectivity index (χ2v) is 13.6. The van der Waals surface area contributed by atoms with Crippen molar-refractivity contribution < 1.29 is 31.5 Å². The Morgan fingerprint density at radius 1 is 1.16 bits per heavy atom. The molecule has 0 aliphatic carbocycles. The van der Waals surface area contributed by atoms with Crippen molar-refractivity contribution in [3.8, 4) is 5.75 Å². The molecule has 214 valence electrons. The lowest BCUT2D eigenvalue weighted by atomic mass is 9.85. The minimum atomic E-state index is -3.68. The summed E-state index contributed by atoms with van der Waals surface area (Å²) in [5, 5.41) is 5.71. The molecule has 5 unspecified atom stereocenters. The first-order valence-electron chi connectivity index (χ1n) is 13.0. The van der Waals surface area contributed by atoms with E-state index in [-0.39, 0.29) is 42.3 Å². The van der Waals surface area contributed by atoms with Gasteiger partial charge in [0.25, 0.3) is 0 Å². The monoisotopic (exact) mass is 558 g/mol. The summed E-state index contributed by atoms with van der Waals surface area (Å²) in [5.74, 6) is -2.93. The van der Waals surface area contributed by atoms with Crippen molar-refractivity contribution in [3.63, 3.8) is 0 Å². The van der Waals surface area contributed by atoms with E-state index in [1.807, 2.05) is 34.6 Å². The Morgan fingerprint density at radius 2 is 1.82 bits per heavy atom. The van der Waals surface area contributed by atoms with Crippen LogP contribution in [0.1, 0.15) is 48.0 Å². The molecule has 2 fully saturated rings. The highest BCUT2D eigenvalue weighted by molar-refractivity contribution is 7.89. The largest absolute Gasteiger partial charge is 0.487 e. The van der Waals surface area contributed by atoms with E-state index in [0.717, 1.165) is 12.1 Å². The van der Waals surface area contributed by atoms with E-state index >= 15 is 0 Å². The molecule has 2 N–H and O–H groups in total. The van der Waals surface area contributed by atoms with Crippen molar-refractivity contribution in [2.24, 2.45) is 11.3 Å². The highest BCUT2D eigenvalue weighted by atomic mass is 32.2. The molecular weight excluding hydrogens is 518 g/mol. The average molecular weight is 559 g/mol. The summed E-state index contributed by atoms with van der Waals surface area (Å²) in [4.78, 5) is 28.3. The summed E-state index contributed by atoms with van der Waals surface area (Å²) in [6.07, 6.45) is -0.422. The summed E-state index contributed by atoms with van der Waals surface area (Å²) in [7, 11) is -2.03. The van der Waals surface area contributed by atoms with Crippen LogP contribution < -0.4 is 15.4 Å². The molecule has 2 heterocycles. The van der Waals surface area contributed by atoms with Gasteiger partial charge in [0.15, 0.2) is 11.6 Å². The van der Waals surface area contributed by atoms with Gasteiger partial charge in [-0.05, 0) is 43.9 Å². The van der Waals surface area contributed by atoms with Gasteiger partial charge >= 0.3 is 0 Å². The third-order valence-corrected chi connectivity index (χ3v) is 9.34. The number of carbonyl (C=O) groups is 2. The summed E-state index contributed by atoms with van der Waals surface area (Å²) < 4.78 is 61.5. The van der Waals surface area contributed by atoms with E-state index in [0.29, 0.717) is 6.42 Å². The number of hydrogen-bond donors (Lipinski definition) is 2. The van der Waals surface area contributed by atoms with Gasteiger partial charge in [-0.15, -0.1) is 0 Å². The molecule has 1 aromatic carbocycles. The van der Waals surface area contributed by atoms with Crippen molar-refractivity contribution in [1.82, 2.24) is 19.8 Å². The molecule has 0 bridgehead atoms. The maximum atomic E-state index is 14.0. The van der Waals surface area contributed by atoms with Gasteiger partial charge in [0.05, 0.1) is 30.4 Å². The molecule has 0 saturated carbocycles. The molecular formula is C26H40F2N4O5S. The van der Waals surface area contributed by atoms with Crippen LogP contribution in [0.3, 0.4) is 0 Å². The summed E-state index contributed by atoms with van der Waals surface area (Å²) >= 11 is 0. The summed E-state index contributed by atoms with van der Waals surface area (Å²) in [6, 6.07) is 0.522. The van der Waals surface area contributed by atoms with Crippen LogP contribution in [0.25, 0.3) is 0 Å². The molecule has 2 saturated heterocycles. The Kier molecular flexibility index (Phi) is 9.09. The van der Waals surface area contributed by atoms with Crippen LogP contribution in [-0.2, 0) is 19.6 Å². The van der Waals surface area contributed by atoms with Gasteiger partial charge in [0, 0.05) is 12.6 Å². The van der Waals surface area contributed by atoms with Gasteiger partial charge in [-0.2, -0.15) is 4.31 Å². The Labute approximate surface area is 224 Å². The number of halogens is 2. The maximum absolute atomic E-state index is 14.0. The van der Waals surface area contributed by atoms with Crippen molar-refractivity contribution in [2.75, 3.05) is 25.9 Å². The first kappa shape index (κ1) is 30.2. The molecule has 5 atom stereocenters. The van der Waals surface area contributed by atoms with Gasteiger partial charge in [0.1, 0.15) is 17.9 Å². The minimum absolute atomic E-state index is 0.0313. The third-order valence-electron chi connectivity index (χ3n) is 7.12. The van der Waals surface area contributed by atoms with E-state index < -0.39 is 57.3 Å². The molecule has 2 aliphatic rings. The second kappa shape index (κ2) is 11.4. The topological polar surface area (TPSA) is 108 Å². The quantitative estimate of drug-likeness (QED) is 0.481. The van der Waals surface area contributed by atoms with E-state index in [2.05, 4.69) is 10.6 Å². The molecule has 3 rings (SSSR count). The molecule has 0 aromatic heterocycles. The number of likely N-dealkylation sites (N-methyl/N-ethyl adjacent to an activating group) is 1. The fourth-order valence-corrected chi connectivity index (χ4v) is 7.17. The number of nitrogens with zero attached hydrogens (tertiary/aromatic N) is 2. The molecule has 1 aromatic rings. The Hall–Kier alpha value is -2.31. The number of sulfonamides is 1. The number of hydrogen-bond acceptors (Lipinski definition) is 6. The first-order chi connectivity index (χ1) is 17.6. The Morgan fingerprint density at radius 3 is 2.37 bits per heavy atom. The molecule has 2 amide bonds. The number of rotatable bonds is 9. The van der Waals surface area contributed by atoms with Gasteiger partial charge in [-0.25, -0.2) is 17.2 Å². The number of carbonyl (C=O) groups excluding carboxylic acids is 2. The smallest absolute Gasteiger partial charge is 0.246 e. The summed E-state index contributed by atoms with van der Waals surface area (Å²) in [5.41, 5.74) is -0.642. The number of amides is 2. The van der Waals surface area contributed by atoms with Crippen LogP contribution in [0.15, 0.2) is 18.2 Å². The zero-order valence-electron chi connectivity index (χ0n) is 23.1. The van der Waals surface area contributed by atoms with Gasteiger partial charge in [0.2, 0.25) is 21.8 Å². The predicted octanol–water partition coefficient (Wildman–Crippen LogP) is 2.12. The normalized spacial score (nSPS) is 23.8. The average Bonchev–Trinajstić information content (AvgIpc) is 3.38. The second-order valence-electron chi connectivity index (χ2n) is 11.7. The maximum Gasteiger partial charge on any atom is 0.246 e. The van der Waals surface area contributed by atoms with E-state index in [9.17, 15) is 26.8 Å². The molecule has 0 spiro atoms.